The predicted molar refractivity (Wildman–Crippen MR) is 136 cm³/mol. The van der Waals surface area contributed by atoms with Crippen LogP contribution in [0, 0.1) is 12.8 Å². The van der Waals surface area contributed by atoms with E-state index in [1.165, 1.54) is 0 Å². The Hall–Kier alpha value is -2.63. The van der Waals surface area contributed by atoms with Gasteiger partial charge in [-0.15, -0.1) is 0 Å². The van der Waals surface area contributed by atoms with E-state index in [2.05, 4.69) is 46.9 Å². The summed E-state index contributed by atoms with van der Waals surface area (Å²) in [6, 6.07) is 9.98. The molecule has 1 N–H and O–H groups in total. The zero-order valence-electron chi connectivity index (χ0n) is 21.6. The van der Waals surface area contributed by atoms with E-state index in [4.69, 9.17) is 5.10 Å². The molecule has 0 aliphatic heterocycles. The molecular weight excluding hydrogens is 412 g/mol. The molecule has 0 spiro atoms. The number of aromatic nitrogens is 2. The van der Waals surface area contributed by atoms with E-state index in [9.17, 15) is 9.59 Å². The Labute approximate surface area is 199 Å². The van der Waals surface area contributed by atoms with Crippen molar-refractivity contribution in [3.05, 3.63) is 41.6 Å². The van der Waals surface area contributed by atoms with Crippen molar-refractivity contribution < 1.29 is 9.59 Å². The first-order valence-corrected chi connectivity index (χ1v) is 12.3. The van der Waals surface area contributed by atoms with Gasteiger partial charge in [0.05, 0.1) is 17.9 Å². The van der Waals surface area contributed by atoms with E-state index in [1.54, 1.807) is 9.58 Å². The number of anilines is 1. The Bertz CT molecular complexity index is 907. The number of nitrogens with one attached hydrogen (secondary N) is 1. The first-order chi connectivity index (χ1) is 15.5. The molecule has 0 saturated carbocycles. The molecule has 0 radical (unpaired) electrons. The maximum Gasteiger partial charge on any atom is 0.245 e. The Morgan fingerprint density at radius 3 is 2.33 bits per heavy atom. The average molecular weight is 455 g/mol. The van der Waals surface area contributed by atoms with Gasteiger partial charge < -0.3 is 10.2 Å². The van der Waals surface area contributed by atoms with Crippen LogP contribution in [-0.4, -0.2) is 39.6 Å². The average Bonchev–Trinajstić information content (AvgIpc) is 3.15. The van der Waals surface area contributed by atoms with Gasteiger partial charge in [0.25, 0.3) is 0 Å². The fourth-order valence-electron chi connectivity index (χ4n) is 3.63. The molecule has 1 aromatic heterocycles. The molecule has 0 aliphatic carbocycles. The summed E-state index contributed by atoms with van der Waals surface area (Å²) < 4.78 is 1.78. The maximum atomic E-state index is 13.0. The van der Waals surface area contributed by atoms with Gasteiger partial charge in [0, 0.05) is 24.4 Å². The second-order valence-electron chi connectivity index (χ2n) is 10.4. The van der Waals surface area contributed by atoms with Crippen LogP contribution in [0.25, 0.3) is 5.69 Å². The Morgan fingerprint density at radius 1 is 1.09 bits per heavy atom. The summed E-state index contributed by atoms with van der Waals surface area (Å²) >= 11 is 0. The van der Waals surface area contributed by atoms with E-state index in [0.29, 0.717) is 24.7 Å². The zero-order chi connectivity index (χ0) is 24.6. The molecule has 2 aromatic rings. The van der Waals surface area contributed by atoms with Crippen molar-refractivity contribution in [2.45, 2.75) is 86.0 Å². The van der Waals surface area contributed by atoms with Crippen LogP contribution in [-0.2, 0) is 15.0 Å². The number of unbranched alkanes of at least 4 members (excludes halogenated alkanes) is 3. The zero-order valence-corrected chi connectivity index (χ0v) is 21.6. The van der Waals surface area contributed by atoms with Crippen molar-refractivity contribution in [1.29, 1.82) is 0 Å². The van der Waals surface area contributed by atoms with Crippen molar-refractivity contribution in [3.8, 4) is 5.69 Å². The summed E-state index contributed by atoms with van der Waals surface area (Å²) in [6.07, 6.45) is 4.69. The fraction of sp³-hybridized carbons (Fsp3) is 0.593. The number of carbonyl (C=O) groups is 2. The minimum absolute atomic E-state index is 0.0503. The highest BCUT2D eigenvalue weighted by Gasteiger charge is 2.23. The summed E-state index contributed by atoms with van der Waals surface area (Å²) in [5.74, 6) is 0.764. The van der Waals surface area contributed by atoms with Crippen LogP contribution < -0.4 is 5.32 Å². The molecule has 6 nitrogen and oxygen atoms in total. The lowest BCUT2D eigenvalue weighted by Gasteiger charge is -2.24. The second-order valence-corrected chi connectivity index (χ2v) is 10.4. The highest BCUT2D eigenvalue weighted by atomic mass is 16.2. The molecule has 0 fully saturated rings. The number of rotatable bonds is 11. The summed E-state index contributed by atoms with van der Waals surface area (Å²) in [6.45, 7) is 15.3. The summed E-state index contributed by atoms with van der Waals surface area (Å²) in [4.78, 5) is 27.5. The van der Waals surface area contributed by atoms with Crippen molar-refractivity contribution in [1.82, 2.24) is 14.7 Å². The fourth-order valence-corrected chi connectivity index (χ4v) is 3.63. The van der Waals surface area contributed by atoms with Crippen molar-refractivity contribution >= 4 is 17.6 Å². The molecule has 6 heteroatoms. The molecule has 0 atom stereocenters. The minimum atomic E-state index is -0.203. The molecule has 1 aromatic carbocycles. The van der Waals surface area contributed by atoms with Gasteiger partial charge in [-0.1, -0.05) is 78.5 Å². The van der Waals surface area contributed by atoms with Crippen molar-refractivity contribution in [2.24, 2.45) is 5.92 Å². The molecule has 0 saturated heterocycles. The summed E-state index contributed by atoms with van der Waals surface area (Å²) in [5.41, 5.74) is 2.78. The van der Waals surface area contributed by atoms with Gasteiger partial charge in [0.15, 0.2) is 0 Å². The molecule has 2 amide bonds. The standard InChI is InChI=1S/C27H42N4O2/c1-8-9-10-11-12-26(33)30(18-20(2)3)19-25(32)28-24-17-23(27(5,6)7)29-31(24)22-15-13-21(4)14-16-22/h13-17,20H,8-12,18-19H2,1-7H3,(H,28,32). The highest BCUT2D eigenvalue weighted by molar-refractivity contribution is 5.94. The van der Waals surface area contributed by atoms with Gasteiger partial charge in [0.1, 0.15) is 5.82 Å². The number of aryl methyl sites for hydroxylation is 1. The largest absolute Gasteiger partial charge is 0.333 e. The number of nitrogens with zero attached hydrogens (tertiary/aromatic N) is 3. The maximum absolute atomic E-state index is 13.0. The smallest absolute Gasteiger partial charge is 0.245 e. The number of hydrogen-bond acceptors (Lipinski definition) is 3. The second kappa shape index (κ2) is 12.0. The van der Waals surface area contributed by atoms with E-state index >= 15 is 0 Å². The van der Waals surface area contributed by atoms with Gasteiger partial charge in [-0.3, -0.25) is 9.59 Å². The molecule has 1 heterocycles. The summed E-state index contributed by atoms with van der Waals surface area (Å²) in [5, 5.41) is 7.80. The molecule has 0 aliphatic rings. The van der Waals surface area contributed by atoms with Crippen LogP contribution in [0.2, 0.25) is 0 Å². The first kappa shape index (κ1) is 26.6. The van der Waals surface area contributed by atoms with Crippen molar-refractivity contribution in [2.75, 3.05) is 18.4 Å². The van der Waals surface area contributed by atoms with E-state index < -0.39 is 0 Å². The number of amides is 2. The van der Waals surface area contributed by atoms with Gasteiger partial charge in [-0.2, -0.15) is 5.10 Å². The van der Waals surface area contributed by atoms with Gasteiger partial charge in [-0.05, 0) is 31.4 Å². The third kappa shape index (κ3) is 8.34. The lowest BCUT2D eigenvalue weighted by molar-refractivity contribution is -0.135. The lowest BCUT2D eigenvalue weighted by atomic mass is 9.92. The van der Waals surface area contributed by atoms with Crippen LogP contribution >= 0.6 is 0 Å². The van der Waals surface area contributed by atoms with Crippen molar-refractivity contribution in [3.63, 3.8) is 0 Å². The Balaban J connectivity index is 2.19. The van der Waals surface area contributed by atoms with Crippen LogP contribution in [0.1, 0.15) is 84.9 Å². The monoisotopic (exact) mass is 454 g/mol. The van der Waals surface area contributed by atoms with E-state index in [1.807, 2.05) is 37.3 Å². The first-order valence-electron chi connectivity index (χ1n) is 12.3. The molecule has 0 unspecified atom stereocenters. The lowest BCUT2D eigenvalue weighted by Crippen LogP contribution is -2.40. The van der Waals surface area contributed by atoms with E-state index in [-0.39, 0.29) is 23.8 Å². The van der Waals surface area contributed by atoms with Crippen LogP contribution in [0.4, 0.5) is 5.82 Å². The molecule has 33 heavy (non-hydrogen) atoms. The minimum Gasteiger partial charge on any atom is -0.333 e. The topological polar surface area (TPSA) is 67.2 Å². The quantitative estimate of drug-likeness (QED) is 0.432. The molecule has 2 rings (SSSR count). The van der Waals surface area contributed by atoms with Gasteiger partial charge in [0.2, 0.25) is 11.8 Å². The van der Waals surface area contributed by atoms with Gasteiger partial charge >= 0.3 is 0 Å². The van der Waals surface area contributed by atoms with Crippen LogP contribution in [0.5, 0.6) is 0 Å². The molecule has 182 valence electrons. The SMILES string of the molecule is CCCCCCC(=O)N(CC(=O)Nc1cc(C(C)(C)C)nn1-c1ccc(C)cc1)CC(C)C. The summed E-state index contributed by atoms with van der Waals surface area (Å²) in [7, 11) is 0. The van der Waals surface area contributed by atoms with Crippen LogP contribution in [0.3, 0.4) is 0 Å². The number of carbonyl (C=O) groups excluding carboxylic acids is 2. The molecular formula is C27H42N4O2. The van der Waals surface area contributed by atoms with Gasteiger partial charge in [-0.25, -0.2) is 4.68 Å². The molecule has 0 bridgehead atoms. The normalized spacial score (nSPS) is 11.6. The Kier molecular flexibility index (Phi) is 9.69. The highest BCUT2D eigenvalue weighted by Crippen LogP contribution is 2.26. The Morgan fingerprint density at radius 2 is 1.76 bits per heavy atom. The predicted octanol–water partition coefficient (Wildman–Crippen LogP) is 5.87. The number of hydrogen-bond donors (Lipinski definition) is 1. The third-order valence-electron chi connectivity index (χ3n) is 5.54. The third-order valence-corrected chi connectivity index (χ3v) is 5.54. The van der Waals surface area contributed by atoms with Crippen LogP contribution in [0.15, 0.2) is 30.3 Å². The van der Waals surface area contributed by atoms with E-state index in [0.717, 1.165) is 42.6 Å². The number of benzene rings is 1.